The molecule has 0 aromatic heterocycles. The highest BCUT2D eigenvalue weighted by Gasteiger charge is 2.25. The van der Waals surface area contributed by atoms with Crippen LogP contribution in [0.4, 0.5) is 4.79 Å². The summed E-state index contributed by atoms with van der Waals surface area (Å²) in [5.41, 5.74) is 1.36. The Balaban J connectivity index is 0.000000802. The molecule has 0 bridgehead atoms. The number of aliphatic hydroxyl groups is 1. The number of rotatable bonds is 20. The highest BCUT2D eigenvalue weighted by Crippen LogP contribution is 2.24. The first-order valence-corrected chi connectivity index (χ1v) is 20.2. The Morgan fingerprint density at radius 1 is 0.865 bits per heavy atom. The second kappa shape index (κ2) is 27.6. The van der Waals surface area contributed by atoms with Gasteiger partial charge < -0.3 is 34.3 Å². The van der Waals surface area contributed by atoms with Crippen LogP contribution in [0.2, 0.25) is 10.0 Å². The quantitative estimate of drug-likeness (QED) is 0.0998. The van der Waals surface area contributed by atoms with Crippen LogP contribution in [-0.4, -0.2) is 102 Å². The lowest BCUT2D eigenvalue weighted by Gasteiger charge is -2.30. The Labute approximate surface area is 323 Å². The minimum atomic E-state index is -3.26. The molecule has 0 aliphatic carbocycles. The molecule has 0 saturated heterocycles. The van der Waals surface area contributed by atoms with E-state index in [0.29, 0.717) is 43.7 Å². The number of nitrogens with one attached hydrogen (secondary N) is 1. The molecule has 1 amide bonds. The lowest BCUT2D eigenvalue weighted by molar-refractivity contribution is 0.0158. The van der Waals surface area contributed by atoms with Crippen molar-refractivity contribution >= 4 is 39.4 Å². The molecule has 11 nitrogen and oxygen atoms in total. The number of methoxy groups -OCH3 is 2. The fourth-order valence-corrected chi connectivity index (χ4v) is 5.24. The molecule has 2 N–H and O–H groups in total. The molecule has 0 aliphatic heterocycles. The number of hydrogen-bond acceptors (Lipinski definition) is 10. The topological polar surface area (TPSA) is 133 Å². The SMILES string of the molecule is CC(C)N(CCC(O)c1cccc(Cl)c1)C(=O)OC(C)(C)C.COCCCOC(CCNC(C)C)c1cccc(Cl)c1.COCCCOS(C)(=O)=O. The molecule has 0 saturated carbocycles. The summed E-state index contributed by atoms with van der Waals surface area (Å²) >= 11 is 12.0. The van der Waals surface area contributed by atoms with Crippen molar-refractivity contribution in [2.75, 3.05) is 60.0 Å². The van der Waals surface area contributed by atoms with Gasteiger partial charge in [-0.1, -0.05) is 61.3 Å². The largest absolute Gasteiger partial charge is 0.444 e. The first-order valence-electron chi connectivity index (χ1n) is 17.6. The van der Waals surface area contributed by atoms with Crippen molar-refractivity contribution < 1.29 is 41.4 Å². The standard InChI is InChI=1S/C17H26ClNO3.C16H26ClNO2.C5H12O4S/c1-12(2)19(16(21)22-17(3,4)5)10-9-15(20)13-7-6-8-14(18)11-13;1-13(2)18-9-8-16(20-11-5-10-19-3)14-6-4-7-15(17)12-14;1-8-4-3-5-9-10(2,6)7/h6-8,11-12,15,20H,9-10H2,1-5H3;4,6-7,12-13,16,18H,5,8-11H2,1-3H3;3-5H2,1-2H3. The molecule has 52 heavy (non-hydrogen) atoms. The molecule has 0 radical (unpaired) electrons. The third kappa shape index (κ3) is 26.7. The van der Waals surface area contributed by atoms with Gasteiger partial charge in [0.15, 0.2) is 0 Å². The van der Waals surface area contributed by atoms with Crippen LogP contribution in [0.3, 0.4) is 0 Å². The van der Waals surface area contributed by atoms with Crippen LogP contribution in [-0.2, 0) is 33.2 Å². The third-order valence-corrected chi connectivity index (χ3v) is 7.97. The van der Waals surface area contributed by atoms with E-state index in [1.54, 1.807) is 37.3 Å². The summed E-state index contributed by atoms with van der Waals surface area (Å²) < 4.78 is 46.2. The van der Waals surface area contributed by atoms with E-state index in [-0.39, 0.29) is 24.8 Å². The van der Waals surface area contributed by atoms with Gasteiger partial charge >= 0.3 is 6.09 Å². The fraction of sp³-hybridized carbons (Fsp3) is 0.658. The van der Waals surface area contributed by atoms with Crippen molar-refractivity contribution in [1.29, 1.82) is 0 Å². The molecule has 0 heterocycles. The van der Waals surface area contributed by atoms with Crippen molar-refractivity contribution in [3.05, 3.63) is 69.7 Å². The van der Waals surface area contributed by atoms with Gasteiger partial charge in [-0.25, -0.2) is 4.79 Å². The average Bonchev–Trinajstić information content (AvgIpc) is 3.03. The van der Waals surface area contributed by atoms with Crippen molar-refractivity contribution in [3.63, 3.8) is 0 Å². The summed E-state index contributed by atoms with van der Waals surface area (Å²) in [6, 6.07) is 15.5. The Bertz CT molecular complexity index is 1340. The van der Waals surface area contributed by atoms with Gasteiger partial charge in [-0.15, -0.1) is 0 Å². The van der Waals surface area contributed by atoms with Gasteiger partial charge in [0, 0.05) is 62.7 Å². The molecule has 2 atom stereocenters. The number of carbonyl (C=O) groups excluding carboxylic acids is 1. The average molecular weight is 796 g/mol. The van der Waals surface area contributed by atoms with Gasteiger partial charge in [0.2, 0.25) is 0 Å². The zero-order valence-electron chi connectivity index (χ0n) is 32.8. The first-order chi connectivity index (χ1) is 24.3. The van der Waals surface area contributed by atoms with Crippen LogP contribution >= 0.6 is 23.2 Å². The smallest absolute Gasteiger partial charge is 0.410 e. The van der Waals surface area contributed by atoms with Crippen molar-refractivity contribution in [3.8, 4) is 0 Å². The second-order valence-electron chi connectivity index (χ2n) is 13.7. The van der Waals surface area contributed by atoms with E-state index in [1.807, 2.05) is 58.9 Å². The van der Waals surface area contributed by atoms with Gasteiger partial charge in [0.1, 0.15) is 5.60 Å². The number of ether oxygens (including phenoxy) is 4. The zero-order chi connectivity index (χ0) is 39.7. The molecule has 14 heteroatoms. The van der Waals surface area contributed by atoms with Gasteiger partial charge in [0.05, 0.1) is 25.1 Å². The van der Waals surface area contributed by atoms with E-state index in [0.717, 1.165) is 48.4 Å². The molecule has 0 fully saturated rings. The van der Waals surface area contributed by atoms with E-state index >= 15 is 0 Å². The molecular weight excluding hydrogens is 731 g/mol. The van der Waals surface area contributed by atoms with Crippen LogP contribution in [0.5, 0.6) is 0 Å². The molecule has 300 valence electrons. The summed E-state index contributed by atoms with van der Waals surface area (Å²) in [4.78, 5) is 13.8. The Morgan fingerprint density at radius 2 is 1.40 bits per heavy atom. The maximum Gasteiger partial charge on any atom is 0.410 e. The van der Waals surface area contributed by atoms with Gasteiger partial charge in [-0.2, -0.15) is 8.42 Å². The summed E-state index contributed by atoms with van der Waals surface area (Å²) in [5, 5.41) is 15.0. The Hall–Kier alpha value is -2.00. The molecule has 0 aliphatic rings. The predicted octanol–water partition coefficient (Wildman–Crippen LogP) is 8.23. The van der Waals surface area contributed by atoms with E-state index in [9.17, 15) is 18.3 Å². The lowest BCUT2D eigenvalue weighted by atomic mass is 10.1. The predicted molar refractivity (Wildman–Crippen MR) is 211 cm³/mol. The van der Waals surface area contributed by atoms with Gasteiger partial charge in [-0.3, -0.25) is 4.18 Å². The molecule has 2 aromatic carbocycles. The number of amides is 1. The Morgan fingerprint density at radius 3 is 1.88 bits per heavy atom. The van der Waals surface area contributed by atoms with Crippen LogP contribution in [0, 0.1) is 0 Å². The number of aliphatic hydroxyl groups excluding tert-OH is 1. The van der Waals surface area contributed by atoms with E-state index in [2.05, 4.69) is 34.2 Å². The maximum absolute atomic E-state index is 12.2. The second-order valence-corrected chi connectivity index (χ2v) is 16.2. The minimum absolute atomic E-state index is 0.00131. The van der Waals surface area contributed by atoms with Crippen LogP contribution in [0.25, 0.3) is 0 Å². The number of benzene rings is 2. The fourth-order valence-electron chi connectivity index (χ4n) is 4.42. The zero-order valence-corrected chi connectivity index (χ0v) is 35.2. The first kappa shape index (κ1) is 50.0. The van der Waals surface area contributed by atoms with Crippen LogP contribution in [0.15, 0.2) is 48.5 Å². The Kier molecular flexibility index (Phi) is 26.5. The summed E-state index contributed by atoms with van der Waals surface area (Å²) in [6.45, 7) is 17.2. The molecule has 2 rings (SSSR count). The number of hydrogen-bond donors (Lipinski definition) is 2. The summed E-state index contributed by atoms with van der Waals surface area (Å²) in [6.07, 6.45) is 2.96. The number of carbonyl (C=O) groups is 1. The van der Waals surface area contributed by atoms with Crippen LogP contribution in [0.1, 0.15) is 97.5 Å². The molecule has 2 unspecified atom stereocenters. The molecule has 2 aromatic rings. The normalized spacial score (nSPS) is 12.8. The monoisotopic (exact) mass is 794 g/mol. The lowest BCUT2D eigenvalue weighted by Crippen LogP contribution is -2.41. The highest BCUT2D eigenvalue weighted by atomic mass is 35.5. The van der Waals surface area contributed by atoms with Gasteiger partial charge in [-0.05, 0) is 102 Å². The van der Waals surface area contributed by atoms with E-state index < -0.39 is 21.8 Å². The number of nitrogens with zero attached hydrogens (tertiary/aromatic N) is 1. The number of halogens is 2. The molecule has 0 spiro atoms. The van der Waals surface area contributed by atoms with E-state index in [4.69, 9.17) is 37.4 Å². The summed E-state index contributed by atoms with van der Waals surface area (Å²) in [7, 11) is 0.00519. The van der Waals surface area contributed by atoms with E-state index in [1.165, 1.54) is 0 Å². The third-order valence-electron chi connectivity index (χ3n) is 6.91. The highest BCUT2D eigenvalue weighted by molar-refractivity contribution is 7.85. The minimum Gasteiger partial charge on any atom is -0.444 e. The maximum atomic E-state index is 12.2. The summed E-state index contributed by atoms with van der Waals surface area (Å²) in [5.74, 6) is 0. The molecular formula is C38H64Cl2N2O9S. The van der Waals surface area contributed by atoms with Crippen molar-refractivity contribution in [2.24, 2.45) is 0 Å². The van der Waals surface area contributed by atoms with Crippen molar-refractivity contribution in [2.45, 2.75) is 104 Å². The van der Waals surface area contributed by atoms with Crippen LogP contribution < -0.4 is 5.32 Å². The van der Waals surface area contributed by atoms with Crippen molar-refractivity contribution in [1.82, 2.24) is 10.2 Å². The van der Waals surface area contributed by atoms with Gasteiger partial charge in [0.25, 0.3) is 10.1 Å².